The number of hydrogen-bond donors (Lipinski definition) is 2. The first-order chi connectivity index (χ1) is 10.8. The molecule has 0 fully saturated rings. The Bertz CT molecular complexity index is 1040. The van der Waals surface area contributed by atoms with Crippen molar-refractivity contribution in [2.75, 3.05) is 5.32 Å². The van der Waals surface area contributed by atoms with Crippen molar-refractivity contribution in [2.45, 2.75) is 4.90 Å². The number of sulfonamides is 1. The van der Waals surface area contributed by atoms with Gasteiger partial charge in [-0.3, -0.25) is 4.79 Å². The summed E-state index contributed by atoms with van der Waals surface area (Å²) in [5.74, 6) is -0.438. The summed E-state index contributed by atoms with van der Waals surface area (Å²) in [6.45, 7) is 0. The first-order valence-electron chi connectivity index (χ1n) is 6.39. The van der Waals surface area contributed by atoms with Gasteiger partial charge in [0.15, 0.2) is 0 Å². The number of fused-ring (bicyclic) bond motifs is 1. The number of nitrogens with one attached hydrogen (secondary N) is 1. The number of benzene rings is 2. The first-order valence-corrected chi connectivity index (χ1v) is 7.93. The predicted molar refractivity (Wildman–Crippen MR) is 79.9 cm³/mol. The number of urea groups is 1. The number of carbonyl (C=O) groups excluding carboxylic acids is 2. The lowest BCUT2D eigenvalue weighted by Gasteiger charge is -2.05. The van der Waals surface area contributed by atoms with Gasteiger partial charge in [0.25, 0.3) is 5.91 Å². The van der Waals surface area contributed by atoms with Gasteiger partial charge in [-0.2, -0.15) is 9.98 Å². The van der Waals surface area contributed by atoms with Crippen molar-refractivity contribution in [3.8, 4) is 0 Å². The molecule has 2 aromatic carbocycles. The first kappa shape index (κ1) is 15.0. The molecule has 2 aromatic rings. The van der Waals surface area contributed by atoms with Crippen LogP contribution in [0.2, 0.25) is 0 Å². The molecule has 1 aliphatic heterocycles. The minimum absolute atomic E-state index is 0.0782. The van der Waals surface area contributed by atoms with Crippen molar-refractivity contribution in [3.63, 3.8) is 0 Å². The number of rotatable bonds is 3. The fourth-order valence-corrected chi connectivity index (χ4v) is 2.53. The van der Waals surface area contributed by atoms with E-state index in [0.29, 0.717) is 16.4 Å². The second-order valence-electron chi connectivity index (χ2n) is 4.73. The SMILES string of the molecule is NS(=O)(=O)c1ccc(C(=O)Nc2ccc3c(c2)=NC(=O)N=3)cc1. The van der Waals surface area contributed by atoms with Crippen LogP contribution in [0, 0.1) is 0 Å². The smallest absolute Gasteiger partial charge is 0.322 e. The summed E-state index contributed by atoms with van der Waals surface area (Å²) in [5, 5.41) is 8.46. The topological polar surface area (TPSA) is 131 Å². The van der Waals surface area contributed by atoms with E-state index in [-0.39, 0.29) is 10.5 Å². The average Bonchev–Trinajstić information content (AvgIpc) is 2.86. The van der Waals surface area contributed by atoms with Gasteiger partial charge in [-0.05, 0) is 42.5 Å². The van der Waals surface area contributed by atoms with Crippen molar-refractivity contribution in [1.82, 2.24) is 0 Å². The standard InChI is InChI=1S/C14H10N4O4S/c15-23(21,22)10-4-1-8(2-5-10)13(19)16-9-3-6-11-12(7-9)18-14(20)17-11/h1-7H,(H,16,19)(H2,15,21,22). The summed E-state index contributed by atoms with van der Waals surface area (Å²) >= 11 is 0. The summed E-state index contributed by atoms with van der Waals surface area (Å²) < 4.78 is 22.3. The zero-order chi connectivity index (χ0) is 16.6. The lowest BCUT2D eigenvalue weighted by Crippen LogP contribution is -2.23. The normalized spacial score (nSPS) is 13.0. The van der Waals surface area contributed by atoms with Crippen LogP contribution >= 0.6 is 0 Å². The highest BCUT2D eigenvalue weighted by molar-refractivity contribution is 7.89. The molecule has 0 saturated carbocycles. The fourth-order valence-electron chi connectivity index (χ4n) is 2.02. The maximum Gasteiger partial charge on any atom is 0.368 e. The average molecular weight is 330 g/mol. The van der Waals surface area contributed by atoms with Gasteiger partial charge in [-0.25, -0.2) is 18.4 Å². The summed E-state index contributed by atoms with van der Waals surface area (Å²) in [6, 6.07) is 9.32. The minimum Gasteiger partial charge on any atom is -0.322 e. The Morgan fingerprint density at radius 1 is 1.00 bits per heavy atom. The van der Waals surface area contributed by atoms with Gasteiger partial charge >= 0.3 is 6.03 Å². The zero-order valence-electron chi connectivity index (χ0n) is 11.6. The summed E-state index contributed by atoms with van der Waals surface area (Å²) in [6.07, 6.45) is 0. The molecule has 0 radical (unpaired) electrons. The van der Waals surface area contributed by atoms with Crippen LogP contribution < -0.4 is 21.2 Å². The third-order valence-corrected chi connectivity index (χ3v) is 4.04. The number of anilines is 1. The number of carbonyl (C=O) groups is 2. The van der Waals surface area contributed by atoms with E-state index in [1.807, 2.05) is 0 Å². The van der Waals surface area contributed by atoms with Crippen LogP contribution in [0.15, 0.2) is 57.3 Å². The Hall–Kier alpha value is -2.91. The van der Waals surface area contributed by atoms with Crippen LogP contribution in [0.4, 0.5) is 10.5 Å². The molecule has 3 amide bonds. The Labute approximate surface area is 130 Å². The van der Waals surface area contributed by atoms with Gasteiger partial charge in [0.2, 0.25) is 10.0 Å². The molecule has 23 heavy (non-hydrogen) atoms. The maximum atomic E-state index is 12.1. The van der Waals surface area contributed by atoms with Gasteiger partial charge < -0.3 is 5.32 Å². The molecule has 0 saturated heterocycles. The van der Waals surface area contributed by atoms with E-state index in [2.05, 4.69) is 15.3 Å². The van der Waals surface area contributed by atoms with Crippen LogP contribution in [0.25, 0.3) is 0 Å². The highest BCUT2D eigenvalue weighted by Crippen LogP contribution is 2.11. The molecule has 0 bridgehead atoms. The molecule has 8 nitrogen and oxygen atoms in total. The third-order valence-electron chi connectivity index (χ3n) is 3.11. The lowest BCUT2D eigenvalue weighted by molar-refractivity contribution is 0.102. The molecule has 0 atom stereocenters. The van der Waals surface area contributed by atoms with Gasteiger partial charge in [-0.1, -0.05) is 0 Å². The minimum atomic E-state index is -3.80. The van der Waals surface area contributed by atoms with Crippen LogP contribution in [-0.2, 0) is 10.0 Å². The molecule has 9 heteroatoms. The number of primary sulfonamides is 1. The van der Waals surface area contributed by atoms with E-state index >= 15 is 0 Å². The van der Waals surface area contributed by atoms with E-state index < -0.39 is 22.0 Å². The second-order valence-corrected chi connectivity index (χ2v) is 6.29. The molecule has 0 aliphatic carbocycles. The molecule has 3 rings (SSSR count). The molecule has 0 spiro atoms. The number of nitrogens with two attached hydrogens (primary N) is 1. The molecule has 1 heterocycles. The molecule has 0 aromatic heterocycles. The molecule has 0 unspecified atom stereocenters. The van der Waals surface area contributed by atoms with Crippen LogP contribution in [0.1, 0.15) is 10.4 Å². The Morgan fingerprint density at radius 2 is 1.65 bits per heavy atom. The number of hydrogen-bond acceptors (Lipinski definition) is 4. The zero-order valence-corrected chi connectivity index (χ0v) is 12.4. The second kappa shape index (κ2) is 5.38. The molecular formula is C14H10N4O4S. The van der Waals surface area contributed by atoms with E-state index in [1.165, 1.54) is 30.3 Å². The Kier molecular flexibility index (Phi) is 3.51. The number of amides is 3. The lowest BCUT2D eigenvalue weighted by atomic mass is 10.2. The quantitative estimate of drug-likeness (QED) is 0.817. The van der Waals surface area contributed by atoms with E-state index in [0.717, 1.165) is 0 Å². The van der Waals surface area contributed by atoms with Gasteiger partial charge in [-0.15, -0.1) is 0 Å². The highest BCUT2D eigenvalue weighted by Gasteiger charge is 2.11. The molecule has 116 valence electrons. The van der Waals surface area contributed by atoms with Gasteiger partial charge in [0.05, 0.1) is 15.6 Å². The summed E-state index contributed by atoms with van der Waals surface area (Å²) in [4.78, 5) is 30.5. The third kappa shape index (κ3) is 3.15. The predicted octanol–water partition coefficient (Wildman–Crippen LogP) is -0.0409. The summed E-state index contributed by atoms with van der Waals surface area (Å²) in [5.41, 5.74) is 0.702. The molecule has 1 aliphatic rings. The summed E-state index contributed by atoms with van der Waals surface area (Å²) in [7, 11) is -3.80. The van der Waals surface area contributed by atoms with Crippen LogP contribution in [-0.4, -0.2) is 20.4 Å². The Balaban J connectivity index is 1.83. The number of nitrogens with zero attached hydrogens (tertiary/aromatic N) is 2. The largest absolute Gasteiger partial charge is 0.368 e. The van der Waals surface area contributed by atoms with Crippen molar-refractivity contribution in [1.29, 1.82) is 0 Å². The monoisotopic (exact) mass is 330 g/mol. The Morgan fingerprint density at radius 3 is 2.30 bits per heavy atom. The molecular weight excluding hydrogens is 320 g/mol. The van der Waals surface area contributed by atoms with Crippen LogP contribution in [0.3, 0.4) is 0 Å². The van der Waals surface area contributed by atoms with E-state index in [9.17, 15) is 18.0 Å². The maximum absolute atomic E-state index is 12.1. The van der Waals surface area contributed by atoms with Crippen molar-refractivity contribution in [2.24, 2.45) is 15.1 Å². The van der Waals surface area contributed by atoms with Gasteiger partial charge in [0, 0.05) is 11.3 Å². The fraction of sp³-hybridized carbons (Fsp3) is 0. The van der Waals surface area contributed by atoms with E-state index in [4.69, 9.17) is 5.14 Å². The van der Waals surface area contributed by atoms with Crippen molar-refractivity contribution < 1.29 is 18.0 Å². The van der Waals surface area contributed by atoms with E-state index in [1.54, 1.807) is 12.1 Å². The van der Waals surface area contributed by atoms with Crippen molar-refractivity contribution >= 4 is 27.6 Å². The van der Waals surface area contributed by atoms with Crippen molar-refractivity contribution in [3.05, 3.63) is 58.7 Å². The van der Waals surface area contributed by atoms with Gasteiger partial charge in [0.1, 0.15) is 0 Å². The van der Waals surface area contributed by atoms with Crippen LogP contribution in [0.5, 0.6) is 0 Å². The molecule has 3 N–H and O–H groups in total. The highest BCUT2D eigenvalue weighted by atomic mass is 32.2.